The van der Waals surface area contributed by atoms with Gasteiger partial charge in [-0.05, 0) is 31.8 Å². The summed E-state index contributed by atoms with van der Waals surface area (Å²) >= 11 is 3.38. The van der Waals surface area contributed by atoms with Crippen molar-refractivity contribution in [3.8, 4) is 0 Å². The van der Waals surface area contributed by atoms with Crippen LogP contribution in [-0.2, 0) is 11.2 Å². The molecule has 1 aromatic rings. The lowest BCUT2D eigenvalue weighted by atomic mass is 10.2. The largest absolute Gasteiger partial charge is 0.355 e. The Morgan fingerprint density at radius 1 is 1.67 bits per heavy atom. The van der Waals surface area contributed by atoms with Gasteiger partial charge in [-0.15, -0.1) is 11.3 Å². The maximum atomic E-state index is 11.6. The Kier molecular flexibility index (Phi) is 7.31. The van der Waals surface area contributed by atoms with Gasteiger partial charge in [-0.25, -0.2) is 4.98 Å². The molecule has 3 N–H and O–H groups in total. The van der Waals surface area contributed by atoms with Crippen molar-refractivity contribution in [3.05, 3.63) is 16.1 Å². The van der Waals surface area contributed by atoms with Crippen molar-refractivity contribution < 1.29 is 4.79 Å². The van der Waals surface area contributed by atoms with Crippen LogP contribution in [0.15, 0.2) is 5.38 Å². The van der Waals surface area contributed by atoms with E-state index in [1.807, 2.05) is 18.6 Å². The van der Waals surface area contributed by atoms with E-state index in [0.717, 1.165) is 35.7 Å². The first-order valence-corrected chi connectivity index (χ1v) is 8.34. The highest BCUT2D eigenvalue weighted by molar-refractivity contribution is 7.98. The van der Waals surface area contributed by atoms with E-state index in [4.69, 9.17) is 5.73 Å². The second-order valence-corrected chi connectivity index (χ2v) is 6.09. The van der Waals surface area contributed by atoms with Crippen LogP contribution in [0.25, 0.3) is 0 Å². The number of hydrogen-bond donors (Lipinski definition) is 2. The molecule has 102 valence electrons. The van der Waals surface area contributed by atoms with Gasteiger partial charge >= 0.3 is 0 Å². The predicted molar refractivity (Wildman–Crippen MR) is 79.2 cm³/mol. The van der Waals surface area contributed by atoms with E-state index in [-0.39, 0.29) is 11.9 Å². The van der Waals surface area contributed by atoms with Crippen LogP contribution in [0, 0.1) is 6.92 Å². The molecule has 1 heterocycles. The first-order chi connectivity index (χ1) is 8.63. The average molecular weight is 287 g/mol. The Bertz CT molecular complexity index is 368. The lowest BCUT2D eigenvalue weighted by Crippen LogP contribution is -2.41. The fourth-order valence-corrected chi connectivity index (χ4v) is 2.78. The number of nitrogens with two attached hydrogens (primary N) is 1. The lowest BCUT2D eigenvalue weighted by molar-refractivity contribution is -0.122. The van der Waals surface area contributed by atoms with Crippen LogP contribution in [0.3, 0.4) is 0 Å². The lowest BCUT2D eigenvalue weighted by Gasteiger charge is -2.11. The Labute approximate surface area is 117 Å². The van der Waals surface area contributed by atoms with E-state index < -0.39 is 0 Å². The summed E-state index contributed by atoms with van der Waals surface area (Å²) in [6, 6.07) is -0.375. The molecule has 0 saturated carbocycles. The van der Waals surface area contributed by atoms with Gasteiger partial charge in [0.25, 0.3) is 0 Å². The highest BCUT2D eigenvalue weighted by atomic mass is 32.2. The van der Waals surface area contributed by atoms with Crippen LogP contribution in [0.1, 0.15) is 23.5 Å². The minimum absolute atomic E-state index is 0.0423. The molecule has 0 aliphatic heterocycles. The zero-order valence-corrected chi connectivity index (χ0v) is 12.6. The van der Waals surface area contributed by atoms with Gasteiger partial charge in [0.1, 0.15) is 0 Å². The quantitative estimate of drug-likeness (QED) is 0.712. The predicted octanol–water partition coefficient (Wildman–Crippen LogP) is 1.58. The third kappa shape index (κ3) is 5.84. The summed E-state index contributed by atoms with van der Waals surface area (Å²) in [6.07, 6.45) is 4.58. The maximum Gasteiger partial charge on any atom is 0.236 e. The van der Waals surface area contributed by atoms with E-state index in [0.29, 0.717) is 6.54 Å². The average Bonchev–Trinajstić information content (AvgIpc) is 2.77. The smallest absolute Gasteiger partial charge is 0.236 e. The Hall–Kier alpha value is -0.590. The minimum Gasteiger partial charge on any atom is -0.355 e. The fourth-order valence-electron chi connectivity index (χ4n) is 1.48. The molecular weight excluding hydrogens is 266 g/mol. The van der Waals surface area contributed by atoms with Gasteiger partial charge < -0.3 is 11.1 Å². The number of thiazole rings is 1. The number of rotatable bonds is 8. The van der Waals surface area contributed by atoms with Crippen molar-refractivity contribution in [2.75, 3.05) is 18.6 Å². The molecular formula is C12H21N3OS2. The van der Waals surface area contributed by atoms with Crippen molar-refractivity contribution >= 4 is 29.0 Å². The van der Waals surface area contributed by atoms with Gasteiger partial charge in [-0.1, -0.05) is 0 Å². The van der Waals surface area contributed by atoms with Crippen molar-refractivity contribution in [3.63, 3.8) is 0 Å². The van der Waals surface area contributed by atoms with Crippen molar-refractivity contribution in [2.24, 2.45) is 5.73 Å². The summed E-state index contributed by atoms with van der Waals surface area (Å²) in [5.41, 5.74) is 6.83. The topological polar surface area (TPSA) is 68.0 Å². The number of carbonyl (C=O) groups is 1. The molecule has 1 rings (SSSR count). The summed E-state index contributed by atoms with van der Waals surface area (Å²) < 4.78 is 0. The molecule has 0 spiro atoms. The summed E-state index contributed by atoms with van der Waals surface area (Å²) in [6.45, 7) is 2.66. The first-order valence-electron chi connectivity index (χ1n) is 6.06. The van der Waals surface area contributed by atoms with Gasteiger partial charge in [0.05, 0.1) is 11.0 Å². The second kappa shape index (κ2) is 8.50. The number of carbonyl (C=O) groups excluding carboxylic acids is 1. The molecule has 0 aliphatic rings. The summed E-state index contributed by atoms with van der Waals surface area (Å²) in [5, 5.41) is 6.05. The third-order valence-electron chi connectivity index (χ3n) is 2.50. The molecule has 0 aliphatic carbocycles. The van der Waals surface area contributed by atoms with E-state index in [2.05, 4.69) is 10.3 Å². The molecule has 1 aromatic heterocycles. The van der Waals surface area contributed by atoms with Crippen LogP contribution >= 0.6 is 23.1 Å². The van der Waals surface area contributed by atoms with Crippen molar-refractivity contribution in [1.29, 1.82) is 0 Å². The Morgan fingerprint density at radius 2 is 2.44 bits per heavy atom. The van der Waals surface area contributed by atoms with Crippen LogP contribution in [0.4, 0.5) is 0 Å². The van der Waals surface area contributed by atoms with Crippen LogP contribution < -0.4 is 11.1 Å². The molecule has 18 heavy (non-hydrogen) atoms. The van der Waals surface area contributed by atoms with E-state index in [1.165, 1.54) is 0 Å². The molecule has 0 fully saturated rings. The molecule has 0 unspecified atom stereocenters. The zero-order valence-electron chi connectivity index (χ0n) is 10.9. The minimum atomic E-state index is -0.375. The van der Waals surface area contributed by atoms with Crippen molar-refractivity contribution in [1.82, 2.24) is 10.3 Å². The van der Waals surface area contributed by atoms with E-state index >= 15 is 0 Å². The summed E-state index contributed by atoms with van der Waals surface area (Å²) in [4.78, 5) is 16.0. The van der Waals surface area contributed by atoms with E-state index in [9.17, 15) is 4.79 Å². The molecule has 0 aromatic carbocycles. The third-order valence-corrected chi connectivity index (χ3v) is 4.17. The zero-order chi connectivity index (χ0) is 13.4. The number of aromatic nitrogens is 1. The number of aryl methyl sites for hydroxylation is 2. The monoisotopic (exact) mass is 287 g/mol. The van der Waals surface area contributed by atoms with Crippen molar-refractivity contribution in [2.45, 2.75) is 32.2 Å². The number of hydrogen-bond acceptors (Lipinski definition) is 5. The van der Waals surface area contributed by atoms with E-state index in [1.54, 1.807) is 23.1 Å². The highest BCUT2D eigenvalue weighted by Crippen LogP contribution is 2.10. The van der Waals surface area contributed by atoms with Crippen LogP contribution in [0.5, 0.6) is 0 Å². The van der Waals surface area contributed by atoms with Gasteiger partial charge in [0.2, 0.25) is 5.91 Å². The van der Waals surface area contributed by atoms with Gasteiger partial charge in [0.15, 0.2) is 0 Å². The van der Waals surface area contributed by atoms with Crippen LogP contribution in [-0.4, -0.2) is 35.5 Å². The Morgan fingerprint density at radius 3 is 3.06 bits per heavy atom. The Balaban J connectivity index is 2.11. The number of nitrogens with one attached hydrogen (secondary N) is 1. The van der Waals surface area contributed by atoms with Gasteiger partial charge in [-0.3, -0.25) is 4.79 Å². The molecule has 1 atom stereocenters. The number of amides is 1. The standard InChI is InChI=1S/C12H21N3OS2/c1-9-8-18-11(15-9)4-3-6-14-12(16)10(13)5-7-17-2/h8,10H,3-7,13H2,1-2H3,(H,14,16)/t10-/m0/s1. The molecule has 0 saturated heterocycles. The number of thioether (sulfide) groups is 1. The second-order valence-electron chi connectivity index (χ2n) is 4.17. The fraction of sp³-hybridized carbons (Fsp3) is 0.667. The number of nitrogens with zero attached hydrogens (tertiary/aromatic N) is 1. The SMILES string of the molecule is CSCC[C@H](N)C(=O)NCCCc1nc(C)cs1. The first kappa shape index (κ1) is 15.5. The molecule has 1 amide bonds. The highest BCUT2D eigenvalue weighted by Gasteiger charge is 2.11. The normalized spacial score (nSPS) is 12.4. The maximum absolute atomic E-state index is 11.6. The molecule has 6 heteroatoms. The van der Waals surface area contributed by atoms with Gasteiger partial charge in [-0.2, -0.15) is 11.8 Å². The molecule has 4 nitrogen and oxygen atoms in total. The van der Waals surface area contributed by atoms with Gasteiger partial charge in [0, 0.05) is 24.0 Å². The summed E-state index contributed by atoms with van der Waals surface area (Å²) in [5.74, 6) is 0.881. The van der Waals surface area contributed by atoms with Crippen LogP contribution in [0.2, 0.25) is 0 Å². The summed E-state index contributed by atoms with van der Waals surface area (Å²) in [7, 11) is 0. The molecule has 0 bridgehead atoms. The molecule has 0 radical (unpaired) electrons.